The highest BCUT2D eigenvalue weighted by Gasteiger charge is 2.55. The molecule has 0 radical (unpaired) electrons. The van der Waals surface area contributed by atoms with Gasteiger partial charge in [0.25, 0.3) is 0 Å². The fourth-order valence-corrected chi connectivity index (χ4v) is 5.17. The first-order valence-electron chi connectivity index (χ1n) is 10.6. The van der Waals surface area contributed by atoms with Gasteiger partial charge >= 0.3 is 0 Å². The molecule has 3 atom stereocenters. The number of hydrogen-bond donors (Lipinski definition) is 1. The molecule has 148 valence electrons. The van der Waals surface area contributed by atoms with E-state index in [0.717, 1.165) is 35.9 Å². The molecule has 0 saturated heterocycles. The Kier molecular flexibility index (Phi) is 4.49. The number of rotatable bonds is 5. The zero-order chi connectivity index (χ0) is 19.1. The summed E-state index contributed by atoms with van der Waals surface area (Å²) >= 11 is 0. The van der Waals surface area contributed by atoms with Crippen molar-refractivity contribution in [2.24, 2.45) is 17.8 Å². The predicted octanol–water partition coefficient (Wildman–Crippen LogP) is 3.60. The molecule has 2 heterocycles. The molecule has 2 saturated carbocycles. The van der Waals surface area contributed by atoms with E-state index in [1.165, 1.54) is 25.7 Å². The molecule has 2 aliphatic carbocycles. The molecule has 28 heavy (non-hydrogen) atoms. The molecule has 2 unspecified atom stereocenters. The quantitative estimate of drug-likeness (QED) is 0.861. The summed E-state index contributed by atoms with van der Waals surface area (Å²) in [5, 5.41) is 0. The number of aromatic nitrogens is 2. The standard InChI is InChI=1S/C22H28N4O2/c1-2-26(22(27)21-17-5-3-4-6-18(17)21)16-7-8-20-19(11-16)25(9-10-28-20)13-15-12-23-14-24-15/h7-8,11-12,14,17-18,21H,2-6,9-10,13H2,1H3,(H,23,24)/t17-,18?,21?/m0/s1. The number of fused-ring (bicyclic) bond motifs is 2. The van der Waals surface area contributed by atoms with E-state index in [9.17, 15) is 4.79 Å². The molecule has 1 aromatic carbocycles. The molecule has 5 rings (SSSR count). The van der Waals surface area contributed by atoms with E-state index < -0.39 is 0 Å². The van der Waals surface area contributed by atoms with Crippen molar-refractivity contribution in [2.45, 2.75) is 39.2 Å². The molecule has 2 aromatic rings. The van der Waals surface area contributed by atoms with Gasteiger partial charge in [-0.15, -0.1) is 0 Å². The van der Waals surface area contributed by atoms with E-state index in [2.05, 4.69) is 27.9 Å². The Morgan fingerprint density at radius 3 is 2.86 bits per heavy atom. The number of carbonyl (C=O) groups excluding carboxylic acids is 1. The zero-order valence-corrected chi connectivity index (χ0v) is 16.4. The number of imidazole rings is 1. The Hall–Kier alpha value is -2.50. The fourth-order valence-electron chi connectivity index (χ4n) is 5.17. The Labute approximate surface area is 165 Å². The summed E-state index contributed by atoms with van der Waals surface area (Å²) < 4.78 is 5.87. The molecule has 0 bridgehead atoms. The van der Waals surface area contributed by atoms with E-state index in [-0.39, 0.29) is 5.92 Å². The summed E-state index contributed by atoms with van der Waals surface area (Å²) in [5.74, 6) is 2.71. The van der Waals surface area contributed by atoms with E-state index in [1.54, 1.807) is 6.33 Å². The van der Waals surface area contributed by atoms with Crippen LogP contribution in [-0.2, 0) is 11.3 Å². The van der Waals surface area contributed by atoms with Gasteiger partial charge in [0.15, 0.2) is 0 Å². The first-order valence-corrected chi connectivity index (χ1v) is 10.6. The van der Waals surface area contributed by atoms with Crippen LogP contribution in [-0.4, -0.2) is 35.6 Å². The number of ether oxygens (including phenoxy) is 1. The summed E-state index contributed by atoms with van der Waals surface area (Å²) in [6.45, 7) is 5.02. The highest BCUT2D eigenvalue weighted by atomic mass is 16.5. The second kappa shape index (κ2) is 7.15. The minimum atomic E-state index is 0.246. The summed E-state index contributed by atoms with van der Waals surface area (Å²) in [7, 11) is 0. The number of amides is 1. The van der Waals surface area contributed by atoms with Crippen LogP contribution in [0.25, 0.3) is 0 Å². The van der Waals surface area contributed by atoms with Crippen LogP contribution in [0.5, 0.6) is 5.75 Å². The molecule has 1 aromatic heterocycles. The van der Waals surface area contributed by atoms with Crippen LogP contribution >= 0.6 is 0 Å². The topological polar surface area (TPSA) is 61.5 Å². The van der Waals surface area contributed by atoms with E-state index >= 15 is 0 Å². The summed E-state index contributed by atoms with van der Waals surface area (Å²) in [6.07, 6.45) is 8.60. The van der Waals surface area contributed by atoms with Gasteiger partial charge < -0.3 is 19.5 Å². The van der Waals surface area contributed by atoms with Gasteiger partial charge in [-0.25, -0.2) is 4.98 Å². The average Bonchev–Trinajstić information content (AvgIpc) is 3.23. The number of H-pyrrole nitrogens is 1. The molecule has 1 N–H and O–H groups in total. The normalized spacial score (nSPS) is 25.5. The van der Waals surface area contributed by atoms with Crippen LogP contribution in [0.1, 0.15) is 38.3 Å². The third-order valence-electron chi connectivity index (χ3n) is 6.65. The lowest BCUT2D eigenvalue weighted by Crippen LogP contribution is -2.35. The lowest BCUT2D eigenvalue weighted by atomic mass is 10.0. The minimum absolute atomic E-state index is 0.246. The molecule has 1 aliphatic heterocycles. The number of carbonyl (C=O) groups is 1. The Bertz CT molecular complexity index is 838. The molecule has 2 fully saturated rings. The van der Waals surface area contributed by atoms with Gasteiger partial charge in [-0.2, -0.15) is 0 Å². The van der Waals surface area contributed by atoms with Crippen LogP contribution < -0.4 is 14.5 Å². The van der Waals surface area contributed by atoms with Crippen molar-refractivity contribution in [1.29, 1.82) is 0 Å². The number of anilines is 2. The number of nitrogens with zero attached hydrogens (tertiary/aromatic N) is 3. The Morgan fingerprint density at radius 1 is 1.32 bits per heavy atom. The van der Waals surface area contributed by atoms with Crippen LogP contribution in [0.2, 0.25) is 0 Å². The molecule has 3 aliphatic rings. The SMILES string of the molecule is CCN(C(=O)C1C2CCCC[C@@H]21)c1ccc2c(c1)N(Cc1cnc[nH]1)CCO2. The lowest BCUT2D eigenvalue weighted by Gasteiger charge is -2.32. The molecular formula is C22H28N4O2. The van der Waals surface area contributed by atoms with Crippen molar-refractivity contribution in [3.63, 3.8) is 0 Å². The summed E-state index contributed by atoms with van der Waals surface area (Å²) in [4.78, 5) is 24.8. The summed E-state index contributed by atoms with van der Waals surface area (Å²) in [6, 6.07) is 6.17. The van der Waals surface area contributed by atoms with Gasteiger partial charge in [-0.3, -0.25) is 4.79 Å². The van der Waals surface area contributed by atoms with Crippen molar-refractivity contribution in [3.05, 3.63) is 36.4 Å². The zero-order valence-electron chi connectivity index (χ0n) is 16.4. The van der Waals surface area contributed by atoms with E-state index in [0.29, 0.717) is 30.9 Å². The smallest absolute Gasteiger partial charge is 0.230 e. The maximum atomic E-state index is 13.3. The fraction of sp³-hybridized carbons (Fsp3) is 0.545. The molecular weight excluding hydrogens is 352 g/mol. The molecule has 0 spiro atoms. The van der Waals surface area contributed by atoms with Crippen molar-refractivity contribution in [2.75, 3.05) is 29.5 Å². The van der Waals surface area contributed by atoms with Crippen LogP contribution in [0.15, 0.2) is 30.7 Å². The lowest BCUT2D eigenvalue weighted by molar-refractivity contribution is -0.120. The highest BCUT2D eigenvalue weighted by molar-refractivity contribution is 5.97. The predicted molar refractivity (Wildman–Crippen MR) is 109 cm³/mol. The van der Waals surface area contributed by atoms with Gasteiger partial charge in [0.1, 0.15) is 12.4 Å². The molecule has 6 heteroatoms. The number of aromatic amines is 1. The minimum Gasteiger partial charge on any atom is -0.490 e. The van der Waals surface area contributed by atoms with Crippen LogP contribution in [0.4, 0.5) is 11.4 Å². The van der Waals surface area contributed by atoms with Crippen molar-refractivity contribution >= 4 is 17.3 Å². The van der Waals surface area contributed by atoms with Gasteiger partial charge in [-0.1, -0.05) is 12.8 Å². The van der Waals surface area contributed by atoms with Crippen molar-refractivity contribution in [3.8, 4) is 5.75 Å². The van der Waals surface area contributed by atoms with Gasteiger partial charge in [0, 0.05) is 24.3 Å². The Balaban J connectivity index is 1.39. The van der Waals surface area contributed by atoms with Gasteiger partial charge in [0.05, 0.1) is 30.8 Å². The van der Waals surface area contributed by atoms with Crippen LogP contribution in [0, 0.1) is 17.8 Å². The Morgan fingerprint density at radius 2 is 2.14 bits per heavy atom. The van der Waals surface area contributed by atoms with Crippen molar-refractivity contribution in [1.82, 2.24) is 9.97 Å². The third kappa shape index (κ3) is 3.05. The first kappa shape index (κ1) is 17.6. The maximum Gasteiger partial charge on any atom is 0.230 e. The van der Waals surface area contributed by atoms with E-state index in [4.69, 9.17) is 4.74 Å². The highest BCUT2D eigenvalue weighted by Crippen LogP contribution is 2.56. The van der Waals surface area contributed by atoms with E-state index in [1.807, 2.05) is 23.2 Å². The second-order valence-corrected chi connectivity index (χ2v) is 8.22. The summed E-state index contributed by atoms with van der Waals surface area (Å²) in [5.41, 5.74) is 3.11. The largest absolute Gasteiger partial charge is 0.490 e. The monoisotopic (exact) mass is 380 g/mol. The second-order valence-electron chi connectivity index (χ2n) is 8.22. The molecule has 1 amide bonds. The number of hydrogen-bond acceptors (Lipinski definition) is 4. The molecule has 6 nitrogen and oxygen atoms in total. The van der Waals surface area contributed by atoms with Gasteiger partial charge in [0.2, 0.25) is 5.91 Å². The third-order valence-corrected chi connectivity index (χ3v) is 6.65. The van der Waals surface area contributed by atoms with Crippen molar-refractivity contribution < 1.29 is 9.53 Å². The maximum absolute atomic E-state index is 13.3. The number of benzene rings is 1. The van der Waals surface area contributed by atoms with Crippen LogP contribution in [0.3, 0.4) is 0 Å². The van der Waals surface area contributed by atoms with Gasteiger partial charge in [-0.05, 0) is 49.8 Å². The average molecular weight is 380 g/mol. The number of nitrogens with one attached hydrogen (secondary N) is 1. The first-order chi connectivity index (χ1) is 13.8.